The molecule has 0 amide bonds. The average molecular weight is 690 g/mol. The van der Waals surface area contributed by atoms with Crippen LogP contribution in [0.2, 0.25) is 0 Å². The van der Waals surface area contributed by atoms with Crippen LogP contribution in [0.1, 0.15) is 25.0 Å². The Hall–Kier alpha value is -6.72. The lowest BCUT2D eigenvalue weighted by atomic mass is 9.34. The first-order valence-electron chi connectivity index (χ1n) is 18.9. The molecule has 54 heavy (non-hydrogen) atoms. The molecule has 0 saturated carbocycles. The fourth-order valence-electron chi connectivity index (χ4n) is 10.6. The highest BCUT2D eigenvalue weighted by Gasteiger charge is 2.46. The highest BCUT2D eigenvalue weighted by atomic mass is 16.3. The number of hydrogen-bond donors (Lipinski definition) is 0. The van der Waals surface area contributed by atoms with E-state index in [2.05, 4.69) is 186 Å². The summed E-state index contributed by atoms with van der Waals surface area (Å²) in [4.78, 5) is 2.41. The van der Waals surface area contributed by atoms with Gasteiger partial charge in [0.1, 0.15) is 11.1 Å². The number of para-hydroxylation sites is 5. The Labute approximate surface area is 312 Å². The number of anilines is 3. The second-order valence-electron chi connectivity index (χ2n) is 15.7. The van der Waals surface area contributed by atoms with Crippen LogP contribution in [0.25, 0.3) is 66.5 Å². The number of nitrogens with zero attached hydrogens (tertiary/aromatic N) is 3. The van der Waals surface area contributed by atoms with Gasteiger partial charge in [-0.3, -0.25) is 0 Å². The zero-order valence-electron chi connectivity index (χ0n) is 29.8. The van der Waals surface area contributed by atoms with Crippen molar-refractivity contribution in [2.24, 2.45) is 0 Å². The van der Waals surface area contributed by atoms with Crippen LogP contribution in [0.3, 0.4) is 0 Å². The van der Waals surface area contributed by atoms with Gasteiger partial charge in [-0.1, -0.05) is 117 Å². The van der Waals surface area contributed by atoms with Gasteiger partial charge >= 0.3 is 0 Å². The fourth-order valence-corrected chi connectivity index (χ4v) is 10.6. The molecule has 13 rings (SSSR count). The molecule has 0 saturated heterocycles. The van der Waals surface area contributed by atoms with Crippen LogP contribution in [0.15, 0.2) is 162 Å². The molecule has 0 bridgehead atoms. The van der Waals surface area contributed by atoms with Crippen molar-refractivity contribution < 1.29 is 4.42 Å². The molecule has 2 aliphatic heterocycles. The highest BCUT2D eigenvalue weighted by molar-refractivity contribution is 7.00. The molecule has 3 aliphatic rings. The first-order valence-corrected chi connectivity index (χ1v) is 18.9. The third kappa shape index (κ3) is 3.33. The molecule has 0 fully saturated rings. The standard InChI is InChI=1S/C49H32BN3O/c1-49(2)36-23-11-9-19-32(36)46-42(49)34-21-13-24-37-44(34)52(46)39-27-31(51(29-15-5-3-6-16-29)30-17-7-4-8-18-30)28-40-43(39)50(37)38-25-14-22-35-45(38)53(40)47-33-20-10-12-26-41(33)54-48(35)47/h3-28H,1-2H3. The van der Waals surface area contributed by atoms with E-state index in [0.29, 0.717) is 0 Å². The van der Waals surface area contributed by atoms with E-state index in [1.807, 2.05) is 0 Å². The summed E-state index contributed by atoms with van der Waals surface area (Å²) in [5.41, 5.74) is 20.6. The van der Waals surface area contributed by atoms with E-state index in [9.17, 15) is 0 Å². The SMILES string of the molecule is CC1(C)c2ccccc2-c2c1c1cccc3c1n2-c1cc(N(c2ccccc2)c2ccccc2)cc2c1B3c1cccc3c4oc5ccccc5c4n-2c13. The summed E-state index contributed by atoms with van der Waals surface area (Å²) in [7, 11) is 0. The Morgan fingerprint density at radius 2 is 1.13 bits per heavy atom. The van der Waals surface area contributed by atoms with Crippen molar-refractivity contribution in [1.29, 1.82) is 0 Å². The second kappa shape index (κ2) is 9.83. The summed E-state index contributed by atoms with van der Waals surface area (Å²) < 4.78 is 11.9. The fraction of sp³-hybridized carbons (Fsp3) is 0.0612. The van der Waals surface area contributed by atoms with E-state index in [1.165, 1.54) is 66.6 Å². The predicted molar refractivity (Wildman–Crippen MR) is 224 cm³/mol. The molecule has 0 unspecified atom stereocenters. The molecule has 10 aromatic rings. The Morgan fingerprint density at radius 3 is 1.87 bits per heavy atom. The van der Waals surface area contributed by atoms with Crippen molar-refractivity contribution in [2.45, 2.75) is 19.3 Å². The monoisotopic (exact) mass is 689 g/mol. The lowest BCUT2D eigenvalue weighted by molar-refractivity contribution is 0.666. The molecular formula is C49H32BN3O. The second-order valence-corrected chi connectivity index (χ2v) is 15.7. The molecule has 0 radical (unpaired) electrons. The van der Waals surface area contributed by atoms with Gasteiger partial charge in [0.25, 0.3) is 6.71 Å². The van der Waals surface area contributed by atoms with Crippen molar-refractivity contribution >= 4 is 84.0 Å². The third-order valence-electron chi connectivity index (χ3n) is 12.6. The smallest absolute Gasteiger partial charge is 0.252 e. The molecule has 0 N–H and O–H groups in total. The van der Waals surface area contributed by atoms with Crippen molar-refractivity contribution in [3.63, 3.8) is 0 Å². The molecule has 1 aliphatic carbocycles. The largest absolute Gasteiger partial charge is 0.454 e. The van der Waals surface area contributed by atoms with Gasteiger partial charge in [0.15, 0.2) is 5.58 Å². The van der Waals surface area contributed by atoms with E-state index in [4.69, 9.17) is 4.42 Å². The first kappa shape index (κ1) is 28.8. The minimum absolute atomic E-state index is 0.0528. The van der Waals surface area contributed by atoms with E-state index in [-0.39, 0.29) is 12.1 Å². The molecule has 5 heteroatoms. The van der Waals surface area contributed by atoms with Crippen LogP contribution < -0.4 is 21.3 Å². The van der Waals surface area contributed by atoms with E-state index >= 15 is 0 Å². The van der Waals surface area contributed by atoms with Gasteiger partial charge in [-0.05, 0) is 82.1 Å². The van der Waals surface area contributed by atoms with Crippen molar-refractivity contribution in [3.05, 3.63) is 169 Å². The first-order chi connectivity index (χ1) is 26.6. The molecule has 7 aromatic carbocycles. The number of aromatic nitrogens is 2. The van der Waals surface area contributed by atoms with Crippen LogP contribution in [0.4, 0.5) is 17.1 Å². The van der Waals surface area contributed by atoms with Gasteiger partial charge in [-0.2, -0.15) is 0 Å². The quantitative estimate of drug-likeness (QED) is 0.173. The van der Waals surface area contributed by atoms with Gasteiger partial charge in [0.05, 0.1) is 16.9 Å². The van der Waals surface area contributed by atoms with Crippen molar-refractivity contribution in [2.75, 3.05) is 4.90 Å². The van der Waals surface area contributed by atoms with Crippen LogP contribution in [-0.4, -0.2) is 15.8 Å². The minimum Gasteiger partial charge on any atom is -0.454 e. The lowest BCUT2D eigenvalue weighted by Gasteiger charge is -2.36. The van der Waals surface area contributed by atoms with Gasteiger partial charge in [0.2, 0.25) is 0 Å². The van der Waals surface area contributed by atoms with E-state index < -0.39 is 0 Å². The number of rotatable bonds is 3. The van der Waals surface area contributed by atoms with E-state index in [1.54, 1.807) is 0 Å². The number of hydrogen-bond acceptors (Lipinski definition) is 2. The summed E-state index contributed by atoms with van der Waals surface area (Å²) in [5.74, 6) is 0. The zero-order valence-corrected chi connectivity index (χ0v) is 29.8. The maximum absolute atomic E-state index is 6.77. The molecule has 252 valence electrons. The topological polar surface area (TPSA) is 26.2 Å². The normalized spacial score (nSPS) is 14.2. The Balaban J connectivity index is 1.26. The maximum Gasteiger partial charge on any atom is 0.252 e. The zero-order chi connectivity index (χ0) is 35.4. The lowest BCUT2D eigenvalue weighted by Crippen LogP contribution is -2.59. The highest BCUT2D eigenvalue weighted by Crippen LogP contribution is 2.54. The summed E-state index contributed by atoms with van der Waals surface area (Å²) >= 11 is 0. The van der Waals surface area contributed by atoms with Crippen LogP contribution in [0.5, 0.6) is 0 Å². The average Bonchev–Trinajstić information content (AvgIpc) is 3.93. The minimum atomic E-state index is -0.151. The Bertz CT molecular complexity index is 3220. The van der Waals surface area contributed by atoms with Gasteiger partial charge < -0.3 is 18.5 Å². The number of fused-ring (bicyclic) bond motifs is 14. The molecule has 0 atom stereocenters. The van der Waals surface area contributed by atoms with Gasteiger partial charge in [0, 0.05) is 55.4 Å². The Kier molecular flexibility index (Phi) is 5.24. The number of benzene rings is 7. The molecule has 5 heterocycles. The molecule has 4 nitrogen and oxygen atoms in total. The van der Waals surface area contributed by atoms with Crippen molar-refractivity contribution in [3.8, 4) is 22.6 Å². The summed E-state index contributed by atoms with van der Waals surface area (Å²) in [5, 5.41) is 3.63. The van der Waals surface area contributed by atoms with Crippen LogP contribution in [-0.2, 0) is 5.41 Å². The Morgan fingerprint density at radius 1 is 0.537 bits per heavy atom. The molecule has 3 aromatic heterocycles. The third-order valence-corrected chi connectivity index (χ3v) is 12.6. The van der Waals surface area contributed by atoms with Gasteiger partial charge in [-0.25, -0.2) is 0 Å². The predicted octanol–water partition coefficient (Wildman–Crippen LogP) is 10.4. The summed E-state index contributed by atoms with van der Waals surface area (Å²) in [6, 6.07) is 57.9. The maximum atomic E-state index is 6.77. The molecular weight excluding hydrogens is 657 g/mol. The number of furan rings is 1. The van der Waals surface area contributed by atoms with E-state index in [0.717, 1.165) is 44.5 Å². The summed E-state index contributed by atoms with van der Waals surface area (Å²) in [6.07, 6.45) is 0. The van der Waals surface area contributed by atoms with Crippen LogP contribution in [0, 0.1) is 0 Å². The molecule has 0 spiro atoms. The van der Waals surface area contributed by atoms with Gasteiger partial charge in [-0.15, -0.1) is 0 Å². The van der Waals surface area contributed by atoms with Crippen molar-refractivity contribution in [1.82, 2.24) is 9.13 Å². The van der Waals surface area contributed by atoms with Crippen LogP contribution >= 0.6 is 0 Å². The summed E-state index contributed by atoms with van der Waals surface area (Å²) in [6.45, 7) is 4.87.